The van der Waals surface area contributed by atoms with Crippen LogP contribution in [0.3, 0.4) is 0 Å². The van der Waals surface area contributed by atoms with Crippen molar-refractivity contribution in [3.05, 3.63) is 35.5 Å². The van der Waals surface area contributed by atoms with Gasteiger partial charge in [0, 0.05) is 31.6 Å². The summed E-state index contributed by atoms with van der Waals surface area (Å²) in [7, 11) is -3.81. The molecule has 14 heteroatoms. The highest BCUT2D eigenvalue weighted by atomic mass is 35.5. The van der Waals surface area contributed by atoms with Crippen LogP contribution < -0.4 is 14.2 Å². The minimum Gasteiger partial charge on any atom is -0.485 e. The van der Waals surface area contributed by atoms with Crippen molar-refractivity contribution in [3.8, 4) is 23.0 Å². The van der Waals surface area contributed by atoms with E-state index in [1.807, 2.05) is 20.8 Å². The van der Waals surface area contributed by atoms with Crippen LogP contribution in [0.4, 0.5) is 5.95 Å². The molecular formula is C21H26ClN7O5S. The Hall–Kier alpha value is -3.03. The Kier molecular flexibility index (Phi) is 7.67. The van der Waals surface area contributed by atoms with Gasteiger partial charge in [0.1, 0.15) is 12.4 Å². The molecule has 188 valence electrons. The number of pyridine rings is 1. The normalized spacial score (nSPS) is 15.2. The number of aromatic nitrogens is 6. The number of fused-ring (bicyclic) bond motifs is 3. The van der Waals surface area contributed by atoms with E-state index in [1.54, 1.807) is 16.8 Å². The van der Waals surface area contributed by atoms with E-state index in [1.165, 1.54) is 12.4 Å². The van der Waals surface area contributed by atoms with Gasteiger partial charge in [-0.1, -0.05) is 11.6 Å². The van der Waals surface area contributed by atoms with Gasteiger partial charge in [0.15, 0.2) is 11.6 Å². The number of hydrogen-bond donors (Lipinski definition) is 1. The van der Waals surface area contributed by atoms with E-state index in [-0.39, 0.29) is 37.4 Å². The molecule has 0 aromatic carbocycles. The Balaban J connectivity index is 1.65. The lowest BCUT2D eigenvalue weighted by Gasteiger charge is -2.19. The molecule has 0 fully saturated rings. The molecule has 35 heavy (non-hydrogen) atoms. The fourth-order valence-electron chi connectivity index (χ4n) is 3.46. The summed E-state index contributed by atoms with van der Waals surface area (Å²) in [5, 5.41) is 8.79. The van der Waals surface area contributed by atoms with Crippen LogP contribution in [-0.2, 0) is 21.2 Å². The first-order valence-corrected chi connectivity index (χ1v) is 13.1. The summed E-state index contributed by atoms with van der Waals surface area (Å²) in [5.41, 5.74) is 0.585. The molecule has 12 nitrogen and oxygen atoms in total. The summed E-state index contributed by atoms with van der Waals surface area (Å²) in [5.74, 6) is 1.33. The van der Waals surface area contributed by atoms with Crippen molar-refractivity contribution >= 4 is 27.6 Å². The quantitative estimate of drug-likeness (QED) is 0.421. The molecule has 1 atom stereocenters. The number of nitrogens with one attached hydrogen (secondary N) is 1. The summed E-state index contributed by atoms with van der Waals surface area (Å²) < 4.78 is 47.5. The third kappa shape index (κ3) is 5.97. The van der Waals surface area contributed by atoms with E-state index in [2.05, 4.69) is 29.9 Å². The zero-order chi connectivity index (χ0) is 25.0. The first-order valence-electron chi connectivity index (χ1n) is 11.1. The average molecular weight is 524 g/mol. The maximum Gasteiger partial charge on any atom is 0.258 e. The monoisotopic (exact) mass is 523 g/mol. The van der Waals surface area contributed by atoms with Crippen LogP contribution in [0.25, 0.3) is 11.4 Å². The van der Waals surface area contributed by atoms with Gasteiger partial charge in [-0.3, -0.25) is 9.29 Å². The fraction of sp³-hybridized carbons (Fsp3) is 0.476. The van der Waals surface area contributed by atoms with E-state index in [0.717, 1.165) is 0 Å². The summed E-state index contributed by atoms with van der Waals surface area (Å²) >= 11 is 5.79. The average Bonchev–Trinajstić information content (AvgIpc) is 3.13. The Morgan fingerprint density at radius 1 is 1.26 bits per heavy atom. The Morgan fingerprint density at radius 2 is 2.03 bits per heavy atom. The highest BCUT2D eigenvalue weighted by Gasteiger charge is 2.31. The number of aryl methyl sites for hydroxylation is 1. The van der Waals surface area contributed by atoms with Crippen molar-refractivity contribution in [2.75, 3.05) is 30.3 Å². The molecule has 3 aromatic heterocycles. The van der Waals surface area contributed by atoms with Gasteiger partial charge in [-0.05, 0) is 26.8 Å². The largest absolute Gasteiger partial charge is 0.485 e. The number of nitrogens with zero attached hydrogens (tertiary/aromatic N) is 6. The molecule has 3 aromatic rings. The van der Waals surface area contributed by atoms with E-state index in [9.17, 15) is 8.42 Å². The summed E-state index contributed by atoms with van der Waals surface area (Å²) in [6.07, 6.45) is 4.40. The first kappa shape index (κ1) is 25.1. The van der Waals surface area contributed by atoms with E-state index in [0.29, 0.717) is 40.5 Å². The molecular weight excluding hydrogens is 498 g/mol. The molecule has 4 rings (SSSR count). The number of ether oxygens (including phenoxy) is 3. The van der Waals surface area contributed by atoms with Gasteiger partial charge in [0.2, 0.25) is 16.0 Å². The van der Waals surface area contributed by atoms with Crippen LogP contribution in [0.2, 0.25) is 5.02 Å². The smallest absolute Gasteiger partial charge is 0.258 e. The Morgan fingerprint density at radius 3 is 2.74 bits per heavy atom. The van der Waals surface area contributed by atoms with E-state index in [4.69, 9.17) is 25.8 Å². The van der Waals surface area contributed by atoms with Crippen molar-refractivity contribution in [2.45, 2.75) is 39.3 Å². The lowest BCUT2D eigenvalue weighted by molar-refractivity contribution is 0.0922. The second-order valence-electron chi connectivity index (χ2n) is 7.99. The predicted molar refractivity (Wildman–Crippen MR) is 128 cm³/mol. The van der Waals surface area contributed by atoms with Crippen molar-refractivity contribution in [2.24, 2.45) is 0 Å². The van der Waals surface area contributed by atoms with Gasteiger partial charge >= 0.3 is 0 Å². The zero-order valence-electron chi connectivity index (χ0n) is 19.5. The number of sulfonamides is 1. The summed E-state index contributed by atoms with van der Waals surface area (Å²) in [6, 6.07) is 1.32. The third-order valence-corrected chi connectivity index (χ3v) is 6.40. The molecule has 1 aliphatic rings. The van der Waals surface area contributed by atoms with Gasteiger partial charge in [0.25, 0.3) is 5.88 Å². The van der Waals surface area contributed by atoms with Crippen LogP contribution in [0.1, 0.15) is 32.6 Å². The maximum atomic E-state index is 12.9. The Bertz CT molecular complexity index is 1270. The predicted octanol–water partition coefficient (Wildman–Crippen LogP) is 2.53. The molecule has 0 unspecified atom stereocenters. The number of anilines is 1. The van der Waals surface area contributed by atoms with E-state index >= 15 is 0 Å². The second-order valence-corrected chi connectivity index (χ2v) is 10.3. The summed E-state index contributed by atoms with van der Waals surface area (Å²) in [6.45, 7) is 6.56. The van der Waals surface area contributed by atoms with Crippen LogP contribution in [0, 0.1) is 0 Å². The van der Waals surface area contributed by atoms with Crippen molar-refractivity contribution in [1.29, 1.82) is 0 Å². The van der Waals surface area contributed by atoms with E-state index < -0.39 is 16.1 Å². The fourth-order valence-corrected chi connectivity index (χ4v) is 4.53. The molecule has 0 bridgehead atoms. The van der Waals surface area contributed by atoms with Gasteiger partial charge in [-0.25, -0.2) is 23.4 Å². The molecule has 0 radical (unpaired) electrons. The lowest BCUT2D eigenvalue weighted by Crippen LogP contribution is -2.26. The van der Waals surface area contributed by atoms with Gasteiger partial charge < -0.3 is 14.2 Å². The summed E-state index contributed by atoms with van der Waals surface area (Å²) in [4.78, 5) is 12.4. The molecule has 0 aliphatic carbocycles. The molecule has 0 amide bonds. The van der Waals surface area contributed by atoms with Crippen LogP contribution in [0.15, 0.2) is 24.7 Å². The number of halogens is 1. The highest BCUT2D eigenvalue weighted by molar-refractivity contribution is 7.92. The molecule has 0 saturated heterocycles. The minimum atomic E-state index is -3.81. The SMILES string of the molecule is CCOC[C@@H]1COc2c(ccnc2OC(C)C)-c2nnc(NS(=O)(=O)CCc3ncc(Cl)cn3)n21. The standard InChI is InChI=1S/C21H26ClN7O5S/c1-4-32-11-15-12-33-18-16(5-7-23-20(18)34-13(2)3)19-26-27-21(29(15)19)28-35(30,31)8-6-17-24-9-14(22)10-25-17/h5,7,9-10,13,15H,4,6,8,11-12H2,1-3H3,(H,27,28)/t15-/m1/s1. The van der Waals surface area contributed by atoms with Crippen LogP contribution in [0.5, 0.6) is 11.6 Å². The van der Waals surface area contributed by atoms with Gasteiger partial charge in [0.05, 0.1) is 35.1 Å². The molecule has 4 heterocycles. The lowest BCUT2D eigenvalue weighted by atomic mass is 10.2. The number of hydrogen-bond acceptors (Lipinski definition) is 10. The first-order chi connectivity index (χ1) is 16.8. The highest BCUT2D eigenvalue weighted by Crippen LogP contribution is 2.41. The minimum absolute atomic E-state index is 0.0568. The van der Waals surface area contributed by atoms with Crippen molar-refractivity contribution < 1.29 is 22.6 Å². The van der Waals surface area contributed by atoms with Crippen LogP contribution >= 0.6 is 11.6 Å². The van der Waals surface area contributed by atoms with Gasteiger partial charge in [-0.2, -0.15) is 0 Å². The third-order valence-electron chi connectivity index (χ3n) is 4.97. The topological polar surface area (TPSA) is 143 Å². The van der Waals surface area contributed by atoms with Crippen molar-refractivity contribution in [3.63, 3.8) is 0 Å². The molecule has 0 saturated carbocycles. The van der Waals surface area contributed by atoms with Gasteiger partial charge in [-0.15, -0.1) is 10.2 Å². The number of rotatable bonds is 10. The van der Waals surface area contributed by atoms with Crippen LogP contribution in [-0.4, -0.2) is 69.8 Å². The Labute approximate surface area is 208 Å². The molecule has 0 spiro atoms. The maximum absolute atomic E-state index is 12.9. The molecule has 1 aliphatic heterocycles. The second kappa shape index (κ2) is 10.7. The zero-order valence-corrected chi connectivity index (χ0v) is 21.1. The van der Waals surface area contributed by atoms with Crippen molar-refractivity contribution in [1.82, 2.24) is 29.7 Å². The molecule has 1 N–H and O–H groups in total.